The van der Waals surface area contributed by atoms with Crippen molar-refractivity contribution in [3.8, 4) is 0 Å². The van der Waals surface area contributed by atoms with E-state index < -0.39 is 0 Å². The van der Waals surface area contributed by atoms with E-state index in [1.165, 1.54) is 11.3 Å². The summed E-state index contributed by atoms with van der Waals surface area (Å²) in [5, 5.41) is 0. The van der Waals surface area contributed by atoms with Gasteiger partial charge in [-0.05, 0) is 18.6 Å². The lowest BCUT2D eigenvalue weighted by Gasteiger charge is -2.36. The number of hydrogen-bond acceptors (Lipinski definition) is 4. The van der Waals surface area contributed by atoms with Crippen molar-refractivity contribution in [2.45, 2.75) is 13.5 Å². The number of imidazole rings is 1. The molecule has 0 bridgehead atoms. The Bertz CT molecular complexity index is 514. The molecule has 3 rings (SSSR count). The molecule has 2 aromatic rings. The van der Waals surface area contributed by atoms with Gasteiger partial charge in [-0.25, -0.2) is 4.98 Å². The molecule has 0 aromatic carbocycles. The largest absolute Gasteiger partial charge is 0.369 e. The Morgan fingerprint density at radius 2 is 2.05 bits per heavy atom. The summed E-state index contributed by atoms with van der Waals surface area (Å²) in [6, 6.07) is 2.11. The summed E-state index contributed by atoms with van der Waals surface area (Å²) in [4.78, 5) is 16.5. The Labute approximate surface area is 113 Å². The van der Waals surface area contributed by atoms with Crippen molar-refractivity contribution in [2.75, 3.05) is 31.1 Å². The van der Waals surface area contributed by atoms with Crippen LogP contribution >= 0.6 is 0 Å². The molecule has 0 atom stereocenters. The third kappa shape index (κ3) is 2.76. The van der Waals surface area contributed by atoms with E-state index in [1.807, 2.05) is 24.8 Å². The lowest BCUT2D eigenvalue weighted by molar-refractivity contribution is 0.244. The van der Waals surface area contributed by atoms with E-state index in [0.717, 1.165) is 38.5 Å². The zero-order valence-electron chi connectivity index (χ0n) is 11.2. The Hall–Kier alpha value is -1.88. The fraction of sp³-hybridized carbons (Fsp3) is 0.429. The molecule has 3 heterocycles. The van der Waals surface area contributed by atoms with E-state index in [2.05, 4.69) is 37.7 Å². The molecule has 5 nitrogen and oxygen atoms in total. The molecule has 0 unspecified atom stereocenters. The predicted octanol–water partition coefficient (Wildman–Crippen LogP) is 1.44. The van der Waals surface area contributed by atoms with Crippen LogP contribution in [-0.2, 0) is 6.54 Å². The quantitative estimate of drug-likeness (QED) is 0.904. The highest BCUT2D eigenvalue weighted by Crippen LogP contribution is 2.20. The second-order valence-electron chi connectivity index (χ2n) is 4.96. The third-order valence-corrected chi connectivity index (χ3v) is 3.63. The average Bonchev–Trinajstić information content (AvgIpc) is 2.93. The summed E-state index contributed by atoms with van der Waals surface area (Å²) in [6.45, 7) is 7.30. The van der Waals surface area contributed by atoms with Crippen molar-refractivity contribution in [2.24, 2.45) is 0 Å². The summed E-state index contributed by atoms with van der Waals surface area (Å²) in [6.07, 6.45) is 7.50. The molecule has 1 fully saturated rings. The first-order chi connectivity index (χ1) is 9.33. The van der Waals surface area contributed by atoms with Crippen molar-refractivity contribution >= 4 is 5.69 Å². The zero-order valence-corrected chi connectivity index (χ0v) is 11.2. The number of hydrogen-bond donors (Lipinski definition) is 1. The Morgan fingerprint density at radius 1 is 1.21 bits per heavy atom. The number of nitrogens with zero attached hydrogens (tertiary/aromatic N) is 4. The van der Waals surface area contributed by atoms with Gasteiger partial charge in [-0.15, -0.1) is 0 Å². The molecular weight excluding hydrogens is 238 g/mol. The number of piperazine rings is 1. The van der Waals surface area contributed by atoms with Gasteiger partial charge in [0.05, 0.1) is 6.54 Å². The maximum Gasteiger partial charge on any atom is 0.120 e. The highest BCUT2D eigenvalue weighted by atomic mass is 15.3. The van der Waals surface area contributed by atoms with Crippen LogP contribution in [-0.4, -0.2) is 46.0 Å². The first-order valence-corrected chi connectivity index (χ1v) is 6.69. The first-order valence-electron chi connectivity index (χ1n) is 6.69. The van der Waals surface area contributed by atoms with Crippen LogP contribution in [0.4, 0.5) is 5.69 Å². The van der Waals surface area contributed by atoms with E-state index in [4.69, 9.17) is 0 Å². The van der Waals surface area contributed by atoms with Gasteiger partial charge in [0.15, 0.2) is 0 Å². The van der Waals surface area contributed by atoms with Gasteiger partial charge in [0, 0.05) is 56.7 Å². The number of aryl methyl sites for hydroxylation is 1. The number of H-pyrrole nitrogens is 1. The second kappa shape index (κ2) is 5.40. The molecule has 0 radical (unpaired) electrons. The van der Waals surface area contributed by atoms with Gasteiger partial charge < -0.3 is 9.88 Å². The lowest BCUT2D eigenvalue weighted by Crippen LogP contribution is -2.46. The van der Waals surface area contributed by atoms with E-state index in [9.17, 15) is 0 Å². The average molecular weight is 257 g/mol. The number of aromatic amines is 1. The fourth-order valence-electron chi connectivity index (χ4n) is 2.56. The van der Waals surface area contributed by atoms with E-state index in [0.29, 0.717) is 0 Å². The van der Waals surface area contributed by atoms with Crippen molar-refractivity contribution in [1.82, 2.24) is 19.9 Å². The molecular formula is C14H19N5. The van der Waals surface area contributed by atoms with Gasteiger partial charge in [0.25, 0.3) is 0 Å². The van der Waals surface area contributed by atoms with Gasteiger partial charge in [-0.1, -0.05) is 0 Å². The van der Waals surface area contributed by atoms with Crippen molar-refractivity contribution in [1.29, 1.82) is 0 Å². The number of pyridine rings is 1. The highest BCUT2D eigenvalue weighted by molar-refractivity contribution is 5.51. The summed E-state index contributed by atoms with van der Waals surface area (Å²) < 4.78 is 0. The molecule has 2 aromatic heterocycles. The smallest absolute Gasteiger partial charge is 0.120 e. The molecule has 1 N–H and O–H groups in total. The van der Waals surface area contributed by atoms with Crippen LogP contribution in [0.1, 0.15) is 11.4 Å². The van der Waals surface area contributed by atoms with Crippen LogP contribution in [0.25, 0.3) is 0 Å². The Morgan fingerprint density at radius 3 is 2.74 bits per heavy atom. The van der Waals surface area contributed by atoms with Gasteiger partial charge in [-0.3, -0.25) is 9.88 Å². The molecule has 1 aliphatic heterocycles. The minimum atomic E-state index is 0.913. The van der Waals surface area contributed by atoms with Gasteiger partial charge >= 0.3 is 0 Å². The Balaban J connectivity index is 1.59. The molecule has 1 saturated heterocycles. The summed E-state index contributed by atoms with van der Waals surface area (Å²) in [5.41, 5.74) is 2.56. The predicted molar refractivity (Wildman–Crippen MR) is 75.1 cm³/mol. The second-order valence-corrected chi connectivity index (χ2v) is 4.96. The van der Waals surface area contributed by atoms with Crippen LogP contribution in [0.15, 0.2) is 30.9 Å². The SMILES string of the molecule is Cc1cnccc1N1CCN(Cc2ncc[nH]2)CC1. The number of aromatic nitrogens is 3. The molecule has 100 valence electrons. The van der Waals surface area contributed by atoms with Gasteiger partial charge in [0.2, 0.25) is 0 Å². The van der Waals surface area contributed by atoms with Crippen molar-refractivity contribution in [3.63, 3.8) is 0 Å². The van der Waals surface area contributed by atoms with Crippen molar-refractivity contribution < 1.29 is 0 Å². The summed E-state index contributed by atoms with van der Waals surface area (Å²) >= 11 is 0. The molecule has 5 heteroatoms. The van der Waals surface area contributed by atoms with Crippen LogP contribution in [0.5, 0.6) is 0 Å². The maximum absolute atomic E-state index is 4.28. The molecule has 0 spiro atoms. The highest BCUT2D eigenvalue weighted by Gasteiger charge is 2.18. The van der Waals surface area contributed by atoms with Crippen molar-refractivity contribution in [3.05, 3.63) is 42.2 Å². The van der Waals surface area contributed by atoms with Gasteiger partial charge in [0.1, 0.15) is 5.82 Å². The van der Waals surface area contributed by atoms with Crippen LogP contribution < -0.4 is 4.90 Å². The van der Waals surface area contributed by atoms with E-state index in [-0.39, 0.29) is 0 Å². The lowest BCUT2D eigenvalue weighted by atomic mass is 10.2. The molecule has 0 saturated carbocycles. The monoisotopic (exact) mass is 257 g/mol. The zero-order chi connectivity index (χ0) is 13.1. The first kappa shape index (κ1) is 12.2. The minimum absolute atomic E-state index is 0.913. The summed E-state index contributed by atoms with van der Waals surface area (Å²) in [5.74, 6) is 1.05. The molecule has 0 aliphatic carbocycles. The van der Waals surface area contributed by atoms with Crippen LogP contribution in [0, 0.1) is 6.92 Å². The van der Waals surface area contributed by atoms with E-state index >= 15 is 0 Å². The molecule has 19 heavy (non-hydrogen) atoms. The molecule has 1 aliphatic rings. The molecule has 0 amide bonds. The topological polar surface area (TPSA) is 48.1 Å². The standard InChI is InChI=1S/C14H19N5/c1-12-10-15-3-2-13(12)19-8-6-18(7-9-19)11-14-16-4-5-17-14/h2-5,10H,6-9,11H2,1H3,(H,16,17). The summed E-state index contributed by atoms with van der Waals surface area (Å²) in [7, 11) is 0. The van der Waals surface area contributed by atoms with Crippen LogP contribution in [0.3, 0.4) is 0 Å². The van der Waals surface area contributed by atoms with Gasteiger partial charge in [-0.2, -0.15) is 0 Å². The van der Waals surface area contributed by atoms with E-state index in [1.54, 1.807) is 0 Å². The minimum Gasteiger partial charge on any atom is -0.369 e. The number of nitrogens with one attached hydrogen (secondary N) is 1. The number of rotatable bonds is 3. The number of anilines is 1. The third-order valence-electron chi connectivity index (χ3n) is 3.63. The Kier molecular flexibility index (Phi) is 3.46. The fourth-order valence-corrected chi connectivity index (χ4v) is 2.56. The maximum atomic E-state index is 4.28. The van der Waals surface area contributed by atoms with Crippen LogP contribution in [0.2, 0.25) is 0 Å². The normalized spacial score (nSPS) is 16.8.